The van der Waals surface area contributed by atoms with Crippen molar-refractivity contribution in [3.05, 3.63) is 21.7 Å². The number of piperidine rings is 1. The zero-order chi connectivity index (χ0) is 14.2. The number of fused-ring (bicyclic) bond motifs is 1. The van der Waals surface area contributed by atoms with Crippen molar-refractivity contribution in [2.75, 3.05) is 13.1 Å². The minimum Gasteiger partial charge on any atom is -0.315 e. The van der Waals surface area contributed by atoms with Gasteiger partial charge in [-0.25, -0.2) is 0 Å². The summed E-state index contributed by atoms with van der Waals surface area (Å²) in [7, 11) is 0. The highest BCUT2D eigenvalue weighted by atomic mass is 35.5. The highest BCUT2D eigenvalue weighted by Crippen LogP contribution is 2.30. The fourth-order valence-corrected chi connectivity index (χ4v) is 3.94. The minimum absolute atomic E-state index is 0.546. The molecular weight excluding hydrogens is 308 g/mol. The lowest BCUT2D eigenvalue weighted by Crippen LogP contribution is -2.33. The lowest BCUT2D eigenvalue weighted by molar-refractivity contribution is 0.198. The van der Waals surface area contributed by atoms with Crippen molar-refractivity contribution < 1.29 is 0 Å². The highest BCUT2D eigenvalue weighted by molar-refractivity contribution is 7.10. The van der Waals surface area contributed by atoms with E-state index in [1.165, 1.54) is 29.6 Å². The van der Waals surface area contributed by atoms with Gasteiger partial charge in [-0.15, -0.1) is 15.3 Å². The van der Waals surface area contributed by atoms with E-state index in [0.29, 0.717) is 10.3 Å². The zero-order valence-corrected chi connectivity index (χ0v) is 13.3. The molecule has 0 amide bonds. The fourth-order valence-electron chi connectivity index (χ4n) is 3.33. The number of aryl methyl sites for hydroxylation is 1. The van der Waals surface area contributed by atoms with Gasteiger partial charge in [-0.2, -0.15) is 0 Å². The Hall–Kier alpha value is -1.05. The van der Waals surface area contributed by atoms with Crippen LogP contribution in [0.5, 0.6) is 0 Å². The van der Waals surface area contributed by atoms with Gasteiger partial charge in [0, 0.05) is 37.0 Å². The van der Waals surface area contributed by atoms with Gasteiger partial charge in [0.15, 0.2) is 0 Å². The smallest absolute Gasteiger partial charge is 0.138 e. The van der Waals surface area contributed by atoms with E-state index in [4.69, 9.17) is 11.6 Å². The van der Waals surface area contributed by atoms with Gasteiger partial charge in [0.05, 0.1) is 0 Å². The van der Waals surface area contributed by atoms with Gasteiger partial charge in [-0.05, 0) is 32.4 Å². The molecule has 4 heterocycles. The van der Waals surface area contributed by atoms with E-state index < -0.39 is 0 Å². The molecule has 2 aliphatic heterocycles. The number of rotatable bonds is 3. The summed E-state index contributed by atoms with van der Waals surface area (Å²) in [4.78, 5) is 2.40. The lowest BCUT2D eigenvalue weighted by Gasteiger charge is -2.30. The summed E-state index contributed by atoms with van der Waals surface area (Å²) in [6.07, 6.45) is 4.56. The third kappa shape index (κ3) is 2.58. The minimum atomic E-state index is 0.546. The molecule has 1 saturated heterocycles. The Morgan fingerprint density at radius 1 is 1.14 bits per heavy atom. The van der Waals surface area contributed by atoms with Crippen LogP contribution in [0.4, 0.5) is 0 Å². The molecule has 6 nitrogen and oxygen atoms in total. The molecular formula is C13H17ClN6S. The number of hydrogen-bond acceptors (Lipinski definition) is 6. The second-order valence-electron chi connectivity index (χ2n) is 5.77. The standard InChI is InChI=1S/C13H17ClN6S/c14-12-10(15-18-21-12)8-19-6-3-9(4-7-19)13-17-16-11-2-1-5-20(11)13/h9H,1-8H2. The molecule has 0 aliphatic carbocycles. The largest absolute Gasteiger partial charge is 0.315 e. The average Bonchev–Trinajstić information content (AvgIpc) is 3.18. The second-order valence-corrected chi connectivity index (χ2v) is 7.13. The SMILES string of the molecule is Clc1snnc1CN1CCC(c2nnc3n2CCC3)CC1. The van der Waals surface area contributed by atoms with Crippen molar-refractivity contribution in [3.8, 4) is 0 Å². The average molecular weight is 325 g/mol. The van der Waals surface area contributed by atoms with E-state index in [1.54, 1.807) is 0 Å². The van der Waals surface area contributed by atoms with Crippen molar-refractivity contribution in [3.63, 3.8) is 0 Å². The van der Waals surface area contributed by atoms with Crippen LogP contribution in [0.3, 0.4) is 0 Å². The third-order valence-corrected chi connectivity index (χ3v) is 5.46. The fraction of sp³-hybridized carbons (Fsp3) is 0.692. The van der Waals surface area contributed by atoms with Gasteiger partial charge < -0.3 is 4.57 Å². The third-order valence-electron chi connectivity index (χ3n) is 4.47. The predicted octanol–water partition coefficient (Wildman–Crippen LogP) is 2.11. The Balaban J connectivity index is 1.39. The van der Waals surface area contributed by atoms with Crippen molar-refractivity contribution in [1.82, 2.24) is 29.3 Å². The Bertz CT molecular complexity index is 630. The Morgan fingerprint density at radius 2 is 2.00 bits per heavy atom. The summed E-state index contributed by atoms with van der Waals surface area (Å²) in [5, 5.41) is 12.9. The maximum atomic E-state index is 6.08. The molecule has 21 heavy (non-hydrogen) atoms. The van der Waals surface area contributed by atoms with Gasteiger partial charge >= 0.3 is 0 Å². The van der Waals surface area contributed by atoms with Crippen molar-refractivity contribution in [2.24, 2.45) is 0 Å². The molecule has 0 bridgehead atoms. The van der Waals surface area contributed by atoms with Crippen LogP contribution in [0.25, 0.3) is 0 Å². The summed E-state index contributed by atoms with van der Waals surface area (Å²) >= 11 is 7.34. The van der Waals surface area contributed by atoms with E-state index in [-0.39, 0.29) is 0 Å². The first-order chi connectivity index (χ1) is 10.3. The van der Waals surface area contributed by atoms with E-state index in [2.05, 4.69) is 29.3 Å². The van der Waals surface area contributed by atoms with Gasteiger partial charge in [0.2, 0.25) is 0 Å². The van der Waals surface area contributed by atoms with Crippen molar-refractivity contribution in [1.29, 1.82) is 0 Å². The van der Waals surface area contributed by atoms with E-state index in [0.717, 1.165) is 51.1 Å². The molecule has 0 saturated carbocycles. The summed E-state index contributed by atoms with van der Waals surface area (Å²) in [5.74, 6) is 2.92. The number of nitrogens with zero attached hydrogens (tertiary/aromatic N) is 6. The Labute approximate surface area is 132 Å². The highest BCUT2D eigenvalue weighted by Gasteiger charge is 2.28. The molecule has 0 spiro atoms. The summed E-state index contributed by atoms with van der Waals surface area (Å²) in [6, 6.07) is 0. The molecule has 1 fully saturated rings. The van der Waals surface area contributed by atoms with Crippen LogP contribution in [-0.4, -0.2) is 42.3 Å². The first-order valence-corrected chi connectivity index (χ1v) is 8.57. The van der Waals surface area contributed by atoms with Crippen LogP contribution in [-0.2, 0) is 19.5 Å². The molecule has 4 rings (SSSR count). The van der Waals surface area contributed by atoms with E-state index in [1.807, 2.05) is 0 Å². The van der Waals surface area contributed by atoms with E-state index >= 15 is 0 Å². The molecule has 0 unspecified atom stereocenters. The number of halogens is 1. The van der Waals surface area contributed by atoms with Crippen LogP contribution < -0.4 is 0 Å². The summed E-state index contributed by atoms with van der Waals surface area (Å²) in [6.45, 7) is 4.01. The van der Waals surface area contributed by atoms with Crippen LogP contribution in [0.1, 0.15) is 42.5 Å². The predicted molar refractivity (Wildman–Crippen MR) is 80.5 cm³/mol. The summed E-state index contributed by atoms with van der Waals surface area (Å²) < 4.78 is 6.94. The molecule has 112 valence electrons. The van der Waals surface area contributed by atoms with Gasteiger partial charge in [0.25, 0.3) is 0 Å². The normalized spacial score (nSPS) is 20.0. The summed E-state index contributed by atoms with van der Waals surface area (Å²) in [5.41, 5.74) is 0.906. The maximum absolute atomic E-state index is 6.08. The van der Waals surface area contributed by atoms with Crippen LogP contribution >= 0.6 is 23.1 Å². The van der Waals surface area contributed by atoms with Gasteiger partial charge in [0.1, 0.15) is 21.7 Å². The van der Waals surface area contributed by atoms with Crippen LogP contribution in [0.2, 0.25) is 4.34 Å². The second kappa shape index (κ2) is 5.62. The molecule has 0 atom stereocenters. The Morgan fingerprint density at radius 3 is 2.76 bits per heavy atom. The molecule has 2 aromatic rings. The molecule has 2 aliphatic rings. The first kappa shape index (κ1) is 13.6. The number of hydrogen-bond donors (Lipinski definition) is 0. The first-order valence-electron chi connectivity index (χ1n) is 7.42. The molecule has 0 radical (unpaired) electrons. The molecule has 0 N–H and O–H groups in total. The van der Waals surface area contributed by atoms with Gasteiger partial charge in [-0.3, -0.25) is 4.90 Å². The molecule has 2 aromatic heterocycles. The zero-order valence-electron chi connectivity index (χ0n) is 11.7. The number of aromatic nitrogens is 5. The lowest BCUT2D eigenvalue weighted by atomic mass is 9.96. The quantitative estimate of drug-likeness (QED) is 0.865. The monoisotopic (exact) mass is 324 g/mol. The molecule has 0 aromatic carbocycles. The van der Waals surface area contributed by atoms with Crippen LogP contribution in [0.15, 0.2) is 0 Å². The van der Waals surface area contributed by atoms with Crippen molar-refractivity contribution in [2.45, 2.75) is 44.7 Å². The maximum Gasteiger partial charge on any atom is 0.138 e. The van der Waals surface area contributed by atoms with Crippen molar-refractivity contribution >= 4 is 23.1 Å². The molecule has 8 heteroatoms. The van der Waals surface area contributed by atoms with Gasteiger partial charge in [-0.1, -0.05) is 16.1 Å². The number of likely N-dealkylation sites (tertiary alicyclic amines) is 1. The van der Waals surface area contributed by atoms with Crippen LogP contribution in [0, 0.1) is 0 Å². The Kier molecular flexibility index (Phi) is 3.64. The van der Waals surface area contributed by atoms with E-state index in [9.17, 15) is 0 Å². The topological polar surface area (TPSA) is 59.7 Å².